The average Bonchev–Trinajstić information content (AvgIpc) is 2.62. The van der Waals surface area contributed by atoms with Crippen LogP contribution < -0.4 is 5.32 Å². The highest BCUT2D eigenvalue weighted by molar-refractivity contribution is 4.93. The summed E-state index contributed by atoms with van der Waals surface area (Å²) >= 11 is 0. The van der Waals surface area contributed by atoms with Gasteiger partial charge in [0, 0.05) is 19.0 Å². The Labute approximate surface area is 97.4 Å². The van der Waals surface area contributed by atoms with Gasteiger partial charge in [0.05, 0.1) is 12.3 Å². The van der Waals surface area contributed by atoms with Gasteiger partial charge in [-0.15, -0.1) is 0 Å². The minimum atomic E-state index is 0.219. The Balaban J connectivity index is 2.28. The summed E-state index contributed by atoms with van der Waals surface area (Å²) in [6, 6.07) is 0.499. The molecule has 0 aromatic carbocycles. The monoisotopic (exact) mass is 226 g/mol. The topological polar surface area (TPSA) is 47.3 Å². The van der Waals surface area contributed by atoms with Crippen LogP contribution in [0, 0.1) is 0 Å². The molecule has 4 nitrogen and oxygen atoms in total. The lowest BCUT2D eigenvalue weighted by Gasteiger charge is -2.05. The van der Waals surface area contributed by atoms with Crippen molar-refractivity contribution in [3.05, 3.63) is 17.8 Å². The minimum Gasteiger partial charge on any atom is -0.443 e. The Morgan fingerprint density at radius 2 is 2.12 bits per heavy atom. The number of oxazole rings is 1. The molecule has 1 N–H and O–H groups in total. The van der Waals surface area contributed by atoms with E-state index >= 15 is 0 Å². The van der Waals surface area contributed by atoms with E-state index in [1.165, 1.54) is 0 Å². The third-order valence-corrected chi connectivity index (χ3v) is 2.05. The van der Waals surface area contributed by atoms with Crippen molar-refractivity contribution < 1.29 is 9.15 Å². The van der Waals surface area contributed by atoms with E-state index in [4.69, 9.17) is 9.15 Å². The van der Waals surface area contributed by atoms with Crippen LogP contribution in [0.5, 0.6) is 0 Å². The Kier molecular flexibility index (Phi) is 5.49. The molecule has 92 valence electrons. The van der Waals surface area contributed by atoms with Gasteiger partial charge in [0.1, 0.15) is 12.4 Å². The molecule has 0 spiro atoms. The third-order valence-electron chi connectivity index (χ3n) is 2.05. The van der Waals surface area contributed by atoms with Crippen molar-refractivity contribution in [3.8, 4) is 0 Å². The van der Waals surface area contributed by atoms with E-state index in [1.807, 2.05) is 13.8 Å². The first-order valence-electron chi connectivity index (χ1n) is 5.86. The van der Waals surface area contributed by atoms with Gasteiger partial charge in [-0.3, -0.25) is 0 Å². The number of aromatic nitrogens is 1. The van der Waals surface area contributed by atoms with E-state index in [1.54, 1.807) is 6.20 Å². The lowest BCUT2D eigenvalue weighted by molar-refractivity contribution is 0.0539. The summed E-state index contributed by atoms with van der Waals surface area (Å²) in [4.78, 5) is 4.20. The SMILES string of the molecule is CC(C)NCCc1ncc(COC(C)C)o1. The average molecular weight is 226 g/mol. The standard InChI is InChI=1S/C12H22N2O2/c1-9(2)13-6-5-12-14-7-11(16-12)8-15-10(3)4/h7,9-10,13H,5-6,8H2,1-4H3. The molecule has 0 amide bonds. The van der Waals surface area contributed by atoms with Crippen LogP contribution in [-0.2, 0) is 17.8 Å². The maximum Gasteiger partial charge on any atom is 0.195 e. The van der Waals surface area contributed by atoms with E-state index in [2.05, 4.69) is 24.1 Å². The number of rotatable bonds is 7. The van der Waals surface area contributed by atoms with Gasteiger partial charge in [0.2, 0.25) is 0 Å². The smallest absolute Gasteiger partial charge is 0.195 e. The zero-order chi connectivity index (χ0) is 12.0. The normalized spacial score (nSPS) is 11.6. The van der Waals surface area contributed by atoms with Crippen molar-refractivity contribution in [1.82, 2.24) is 10.3 Å². The summed E-state index contributed by atoms with van der Waals surface area (Å²) in [5.41, 5.74) is 0. The molecule has 0 fully saturated rings. The molecule has 1 rings (SSSR count). The van der Waals surface area contributed by atoms with Crippen molar-refractivity contribution in [3.63, 3.8) is 0 Å². The summed E-state index contributed by atoms with van der Waals surface area (Å²) in [6.07, 6.45) is 2.78. The van der Waals surface area contributed by atoms with Gasteiger partial charge in [-0.05, 0) is 13.8 Å². The van der Waals surface area contributed by atoms with E-state index in [0.29, 0.717) is 12.6 Å². The van der Waals surface area contributed by atoms with Crippen LogP contribution in [-0.4, -0.2) is 23.7 Å². The predicted molar refractivity (Wildman–Crippen MR) is 63.3 cm³/mol. The molecule has 0 aliphatic rings. The van der Waals surface area contributed by atoms with Gasteiger partial charge in [-0.1, -0.05) is 13.8 Å². The van der Waals surface area contributed by atoms with Crippen LogP contribution in [0.4, 0.5) is 0 Å². The first kappa shape index (κ1) is 13.2. The molecule has 0 saturated heterocycles. The first-order chi connectivity index (χ1) is 7.58. The molecule has 0 bridgehead atoms. The van der Waals surface area contributed by atoms with Gasteiger partial charge in [0.15, 0.2) is 5.89 Å². The van der Waals surface area contributed by atoms with Crippen LogP contribution >= 0.6 is 0 Å². The van der Waals surface area contributed by atoms with Crippen molar-refractivity contribution in [1.29, 1.82) is 0 Å². The number of hydrogen-bond donors (Lipinski definition) is 1. The van der Waals surface area contributed by atoms with Crippen molar-refractivity contribution >= 4 is 0 Å². The molecule has 1 heterocycles. The van der Waals surface area contributed by atoms with Crippen LogP contribution in [0.3, 0.4) is 0 Å². The highest BCUT2D eigenvalue weighted by Crippen LogP contribution is 2.06. The Morgan fingerprint density at radius 1 is 1.38 bits per heavy atom. The molecule has 0 atom stereocenters. The molecule has 0 saturated carbocycles. The second-order valence-corrected chi connectivity index (χ2v) is 4.44. The van der Waals surface area contributed by atoms with Gasteiger partial charge in [-0.25, -0.2) is 4.98 Å². The molecule has 1 aromatic heterocycles. The third kappa shape index (κ3) is 5.28. The van der Waals surface area contributed by atoms with E-state index in [-0.39, 0.29) is 6.10 Å². The second-order valence-electron chi connectivity index (χ2n) is 4.44. The second kappa shape index (κ2) is 6.66. The van der Waals surface area contributed by atoms with Crippen LogP contribution in [0.2, 0.25) is 0 Å². The molecule has 1 aromatic rings. The zero-order valence-electron chi connectivity index (χ0n) is 10.6. The summed E-state index contributed by atoms with van der Waals surface area (Å²) in [5.74, 6) is 1.57. The van der Waals surface area contributed by atoms with E-state index in [9.17, 15) is 0 Å². The molecule has 16 heavy (non-hydrogen) atoms. The predicted octanol–water partition coefficient (Wildman–Crippen LogP) is 2.14. The fraction of sp³-hybridized carbons (Fsp3) is 0.750. The molecule has 0 radical (unpaired) electrons. The van der Waals surface area contributed by atoms with Crippen molar-refractivity contribution in [2.24, 2.45) is 0 Å². The number of nitrogens with one attached hydrogen (secondary N) is 1. The van der Waals surface area contributed by atoms with Gasteiger partial charge < -0.3 is 14.5 Å². The van der Waals surface area contributed by atoms with Gasteiger partial charge >= 0.3 is 0 Å². The quantitative estimate of drug-likeness (QED) is 0.773. The van der Waals surface area contributed by atoms with Gasteiger partial charge in [0.25, 0.3) is 0 Å². The molecule has 0 aliphatic carbocycles. The maximum absolute atomic E-state index is 5.54. The lowest BCUT2D eigenvalue weighted by Crippen LogP contribution is -2.24. The Bertz CT molecular complexity index is 295. The maximum atomic E-state index is 5.54. The molecule has 4 heteroatoms. The van der Waals surface area contributed by atoms with Crippen LogP contribution in [0.1, 0.15) is 39.3 Å². The summed E-state index contributed by atoms with van der Waals surface area (Å²) in [5, 5.41) is 3.32. The molecular formula is C12H22N2O2. The van der Waals surface area contributed by atoms with Crippen LogP contribution in [0.25, 0.3) is 0 Å². The van der Waals surface area contributed by atoms with Crippen molar-refractivity contribution in [2.75, 3.05) is 6.54 Å². The van der Waals surface area contributed by atoms with Crippen LogP contribution in [0.15, 0.2) is 10.6 Å². The molecular weight excluding hydrogens is 204 g/mol. The fourth-order valence-electron chi connectivity index (χ4n) is 1.25. The lowest BCUT2D eigenvalue weighted by atomic mass is 10.3. The summed E-state index contributed by atoms with van der Waals surface area (Å²) < 4.78 is 11.0. The number of hydrogen-bond acceptors (Lipinski definition) is 4. The Morgan fingerprint density at radius 3 is 2.75 bits per heavy atom. The molecule has 0 unspecified atom stereocenters. The zero-order valence-corrected chi connectivity index (χ0v) is 10.6. The fourth-order valence-corrected chi connectivity index (χ4v) is 1.25. The van der Waals surface area contributed by atoms with Gasteiger partial charge in [-0.2, -0.15) is 0 Å². The molecule has 0 aliphatic heterocycles. The summed E-state index contributed by atoms with van der Waals surface area (Å²) in [6.45, 7) is 9.65. The number of nitrogens with zero attached hydrogens (tertiary/aromatic N) is 1. The summed E-state index contributed by atoms with van der Waals surface area (Å²) in [7, 11) is 0. The largest absolute Gasteiger partial charge is 0.443 e. The Hall–Kier alpha value is -0.870. The van der Waals surface area contributed by atoms with Crippen molar-refractivity contribution in [2.45, 2.75) is 52.9 Å². The number of ether oxygens (including phenoxy) is 1. The minimum absolute atomic E-state index is 0.219. The van der Waals surface area contributed by atoms with E-state index < -0.39 is 0 Å². The highest BCUT2D eigenvalue weighted by atomic mass is 16.5. The highest BCUT2D eigenvalue weighted by Gasteiger charge is 2.05. The van der Waals surface area contributed by atoms with E-state index in [0.717, 1.165) is 24.6 Å². The first-order valence-corrected chi connectivity index (χ1v) is 5.86.